The SMILES string of the molecule is CCC1(C(=O)Nc2ccc(OCC(=O)O)cc2)CCCC1. The van der Waals surface area contributed by atoms with E-state index in [0.717, 1.165) is 32.1 Å². The topological polar surface area (TPSA) is 75.6 Å². The minimum Gasteiger partial charge on any atom is -0.482 e. The van der Waals surface area contributed by atoms with Gasteiger partial charge in [0.1, 0.15) is 5.75 Å². The van der Waals surface area contributed by atoms with Crippen LogP contribution in [0.1, 0.15) is 39.0 Å². The number of aliphatic carboxylic acids is 1. The van der Waals surface area contributed by atoms with E-state index in [1.807, 2.05) is 0 Å². The van der Waals surface area contributed by atoms with Crippen molar-refractivity contribution >= 4 is 17.6 Å². The van der Waals surface area contributed by atoms with Gasteiger partial charge in [-0.15, -0.1) is 0 Å². The molecular weight excluding hydrogens is 270 g/mol. The Hall–Kier alpha value is -2.04. The molecule has 5 nitrogen and oxygen atoms in total. The first-order valence-electron chi connectivity index (χ1n) is 7.32. The highest BCUT2D eigenvalue weighted by Gasteiger charge is 2.39. The largest absolute Gasteiger partial charge is 0.482 e. The minimum atomic E-state index is -1.02. The Bertz CT molecular complexity index is 504. The number of ether oxygens (including phenoxy) is 1. The van der Waals surface area contributed by atoms with Crippen LogP contribution in [-0.4, -0.2) is 23.6 Å². The second-order valence-corrected chi connectivity index (χ2v) is 5.50. The fourth-order valence-corrected chi connectivity index (χ4v) is 2.84. The van der Waals surface area contributed by atoms with Gasteiger partial charge in [-0.05, 0) is 43.5 Å². The molecular formula is C16H21NO4. The summed E-state index contributed by atoms with van der Waals surface area (Å²) in [6, 6.07) is 6.78. The van der Waals surface area contributed by atoms with E-state index in [9.17, 15) is 9.59 Å². The van der Waals surface area contributed by atoms with E-state index in [4.69, 9.17) is 9.84 Å². The molecule has 1 saturated carbocycles. The summed E-state index contributed by atoms with van der Waals surface area (Å²) in [6.07, 6.45) is 5.00. The molecule has 0 bridgehead atoms. The molecule has 0 aromatic heterocycles. The van der Waals surface area contributed by atoms with Gasteiger partial charge in [0.2, 0.25) is 5.91 Å². The van der Waals surface area contributed by atoms with Crippen molar-refractivity contribution in [1.29, 1.82) is 0 Å². The fraction of sp³-hybridized carbons (Fsp3) is 0.500. The number of carboxylic acid groups (broad SMARTS) is 1. The molecule has 1 fully saturated rings. The molecule has 2 N–H and O–H groups in total. The van der Waals surface area contributed by atoms with Crippen LogP contribution in [0.5, 0.6) is 5.75 Å². The van der Waals surface area contributed by atoms with Gasteiger partial charge in [0, 0.05) is 11.1 Å². The summed E-state index contributed by atoms with van der Waals surface area (Å²) in [5.41, 5.74) is 0.487. The van der Waals surface area contributed by atoms with E-state index < -0.39 is 5.97 Å². The second kappa shape index (κ2) is 6.61. The number of carbonyl (C=O) groups is 2. The van der Waals surface area contributed by atoms with Crippen molar-refractivity contribution in [3.63, 3.8) is 0 Å². The molecule has 0 spiro atoms. The van der Waals surface area contributed by atoms with Crippen LogP contribution in [0.15, 0.2) is 24.3 Å². The van der Waals surface area contributed by atoms with Gasteiger partial charge in [0.05, 0.1) is 0 Å². The lowest BCUT2D eigenvalue weighted by atomic mass is 9.82. The van der Waals surface area contributed by atoms with Crippen LogP contribution in [0.4, 0.5) is 5.69 Å². The van der Waals surface area contributed by atoms with Crippen LogP contribution in [0.25, 0.3) is 0 Å². The highest BCUT2D eigenvalue weighted by molar-refractivity contribution is 5.95. The van der Waals surface area contributed by atoms with E-state index >= 15 is 0 Å². The number of rotatable bonds is 6. The van der Waals surface area contributed by atoms with Crippen molar-refractivity contribution in [3.05, 3.63) is 24.3 Å². The van der Waals surface area contributed by atoms with Crippen LogP contribution in [0, 0.1) is 5.41 Å². The Kier molecular flexibility index (Phi) is 4.83. The van der Waals surface area contributed by atoms with Gasteiger partial charge in [-0.25, -0.2) is 4.79 Å². The molecule has 0 radical (unpaired) electrons. The first-order chi connectivity index (χ1) is 10.1. The molecule has 2 rings (SSSR count). The van der Waals surface area contributed by atoms with E-state index in [-0.39, 0.29) is 17.9 Å². The Labute approximate surface area is 124 Å². The lowest BCUT2D eigenvalue weighted by Crippen LogP contribution is -2.33. The van der Waals surface area contributed by atoms with Crippen molar-refractivity contribution in [3.8, 4) is 5.75 Å². The van der Waals surface area contributed by atoms with E-state index in [1.165, 1.54) is 0 Å². The number of carboxylic acids is 1. The van der Waals surface area contributed by atoms with Crippen molar-refractivity contribution < 1.29 is 19.4 Å². The van der Waals surface area contributed by atoms with Crippen LogP contribution in [0.2, 0.25) is 0 Å². The van der Waals surface area contributed by atoms with Crippen LogP contribution in [0.3, 0.4) is 0 Å². The first kappa shape index (κ1) is 15.4. The van der Waals surface area contributed by atoms with Crippen LogP contribution >= 0.6 is 0 Å². The summed E-state index contributed by atoms with van der Waals surface area (Å²) in [5.74, 6) is -0.457. The third-order valence-corrected chi connectivity index (χ3v) is 4.19. The smallest absolute Gasteiger partial charge is 0.341 e. The molecule has 1 amide bonds. The lowest BCUT2D eigenvalue weighted by Gasteiger charge is -2.26. The summed E-state index contributed by atoms with van der Waals surface area (Å²) in [7, 11) is 0. The molecule has 0 unspecified atom stereocenters. The fourth-order valence-electron chi connectivity index (χ4n) is 2.84. The number of anilines is 1. The maximum absolute atomic E-state index is 12.4. The summed E-state index contributed by atoms with van der Waals surface area (Å²) in [6.45, 7) is 1.69. The molecule has 1 aromatic rings. The highest BCUT2D eigenvalue weighted by Crippen LogP contribution is 2.41. The zero-order chi connectivity index (χ0) is 15.3. The maximum atomic E-state index is 12.4. The Morgan fingerprint density at radius 2 is 1.86 bits per heavy atom. The third-order valence-electron chi connectivity index (χ3n) is 4.19. The number of nitrogens with one attached hydrogen (secondary N) is 1. The molecule has 1 aliphatic carbocycles. The van der Waals surface area contributed by atoms with E-state index in [1.54, 1.807) is 24.3 Å². The second-order valence-electron chi connectivity index (χ2n) is 5.50. The van der Waals surface area contributed by atoms with Crippen LogP contribution < -0.4 is 10.1 Å². The first-order valence-corrected chi connectivity index (χ1v) is 7.32. The Morgan fingerprint density at radius 3 is 2.38 bits per heavy atom. The van der Waals surface area contributed by atoms with Gasteiger partial charge in [0.25, 0.3) is 0 Å². The number of hydrogen-bond donors (Lipinski definition) is 2. The quantitative estimate of drug-likeness (QED) is 0.844. The van der Waals surface area contributed by atoms with Crippen molar-refractivity contribution in [2.24, 2.45) is 5.41 Å². The van der Waals surface area contributed by atoms with Crippen molar-refractivity contribution in [2.75, 3.05) is 11.9 Å². The van der Waals surface area contributed by atoms with Crippen molar-refractivity contribution in [2.45, 2.75) is 39.0 Å². The van der Waals surface area contributed by atoms with Gasteiger partial charge in [-0.1, -0.05) is 19.8 Å². The summed E-state index contributed by atoms with van der Waals surface area (Å²) >= 11 is 0. The zero-order valence-corrected chi connectivity index (χ0v) is 12.2. The van der Waals surface area contributed by atoms with E-state index in [0.29, 0.717) is 11.4 Å². The predicted octanol–water partition coefficient (Wildman–Crippen LogP) is 3.06. The average molecular weight is 291 g/mol. The molecule has 114 valence electrons. The van der Waals surface area contributed by atoms with Gasteiger partial charge >= 0.3 is 5.97 Å². The average Bonchev–Trinajstić information content (AvgIpc) is 2.96. The van der Waals surface area contributed by atoms with Gasteiger partial charge in [-0.3, -0.25) is 4.79 Å². The molecule has 5 heteroatoms. The predicted molar refractivity (Wildman–Crippen MR) is 79.4 cm³/mol. The molecule has 1 aromatic carbocycles. The van der Waals surface area contributed by atoms with Crippen LogP contribution in [-0.2, 0) is 9.59 Å². The summed E-state index contributed by atoms with van der Waals surface area (Å²) < 4.78 is 5.06. The minimum absolute atomic E-state index is 0.0849. The summed E-state index contributed by atoms with van der Waals surface area (Å²) in [5, 5.41) is 11.5. The Morgan fingerprint density at radius 1 is 1.24 bits per heavy atom. The number of carbonyl (C=O) groups excluding carboxylic acids is 1. The number of amides is 1. The molecule has 0 saturated heterocycles. The lowest BCUT2D eigenvalue weighted by molar-refractivity contribution is -0.139. The van der Waals surface area contributed by atoms with Gasteiger partial charge < -0.3 is 15.2 Å². The van der Waals surface area contributed by atoms with Gasteiger partial charge in [-0.2, -0.15) is 0 Å². The van der Waals surface area contributed by atoms with E-state index in [2.05, 4.69) is 12.2 Å². The number of hydrogen-bond acceptors (Lipinski definition) is 3. The molecule has 1 aliphatic rings. The number of benzene rings is 1. The monoisotopic (exact) mass is 291 g/mol. The zero-order valence-electron chi connectivity index (χ0n) is 12.2. The van der Waals surface area contributed by atoms with Crippen molar-refractivity contribution in [1.82, 2.24) is 0 Å². The summed E-state index contributed by atoms with van der Waals surface area (Å²) in [4.78, 5) is 22.9. The molecule has 0 atom stereocenters. The third kappa shape index (κ3) is 3.74. The molecule has 0 aliphatic heterocycles. The normalized spacial score (nSPS) is 16.4. The van der Waals surface area contributed by atoms with Gasteiger partial charge in [0.15, 0.2) is 6.61 Å². The standard InChI is InChI=1S/C16H21NO4/c1-2-16(9-3-4-10-16)15(20)17-12-5-7-13(8-6-12)21-11-14(18)19/h5-8H,2-4,9-11H2,1H3,(H,17,20)(H,18,19). The Balaban J connectivity index is 1.96. The maximum Gasteiger partial charge on any atom is 0.341 e. The molecule has 0 heterocycles. The highest BCUT2D eigenvalue weighted by atomic mass is 16.5. The molecule has 21 heavy (non-hydrogen) atoms.